The summed E-state index contributed by atoms with van der Waals surface area (Å²) in [5, 5.41) is 1.95. The van der Waals surface area contributed by atoms with Crippen molar-refractivity contribution in [3.8, 4) is 0 Å². The molecule has 3 N–H and O–H groups in total. The maximum absolute atomic E-state index is 4.67. The van der Waals surface area contributed by atoms with Crippen LogP contribution in [0.2, 0.25) is 0 Å². The minimum atomic E-state index is 0. The normalized spacial score (nSPS) is 7.91. The average Bonchev–Trinajstić information content (AvgIpc) is 1.82. The van der Waals surface area contributed by atoms with Crippen LogP contribution >= 0.6 is 12.2 Å². The van der Waals surface area contributed by atoms with Crippen molar-refractivity contribution >= 4 is 29.2 Å². The average molecular weight is 204 g/mol. The molecule has 0 aromatic carbocycles. The summed E-state index contributed by atoms with van der Waals surface area (Å²) in [6.07, 6.45) is 0. The molecule has 0 aliphatic carbocycles. The van der Waals surface area contributed by atoms with Crippen LogP contribution in [0.3, 0.4) is 0 Å². The molecule has 0 aromatic heterocycles. The van der Waals surface area contributed by atoms with Crippen molar-refractivity contribution in [1.82, 2.24) is 10.4 Å². The smallest absolute Gasteiger partial charge is 0.412 e. The summed E-state index contributed by atoms with van der Waals surface area (Å²) in [5.41, 5.74) is 2.86. The quantitative estimate of drug-likeness (QED) is 0.228. The first kappa shape index (κ1) is 17.9. The topological polar surface area (TPSA) is 46.8 Å². The molecule has 3 nitrogen and oxygen atoms in total. The molecule has 0 bridgehead atoms. The fraction of sp³-hybridized carbons (Fsp3) is 0.800. The second kappa shape index (κ2) is 11.0. The van der Waals surface area contributed by atoms with Crippen molar-refractivity contribution in [2.24, 2.45) is 0 Å². The number of hydrogen-bond donors (Lipinski definition) is 1. The minimum Gasteiger partial charge on any atom is -0.412 e. The number of hydrogen-bond acceptors (Lipinski definition) is 3. The second-order valence-corrected chi connectivity index (χ2v) is 2.65. The summed E-state index contributed by atoms with van der Waals surface area (Å²) in [6, 6.07) is 0. The van der Waals surface area contributed by atoms with Gasteiger partial charge >= 0.3 is 29.6 Å². The van der Waals surface area contributed by atoms with E-state index in [-0.39, 0.29) is 35.0 Å². The fourth-order valence-corrected chi connectivity index (χ4v) is 0.769. The van der Waals surface area contributed by atoms with Crippen LogP contribution in [0.5, 0.6) is 0 Å². The maximum Gasteiger partial charge on any atom is 1.00 e. The van der Waals surface area contributed by atoms with Crippen LogP contribution in [-0.2, 0) is 12.6 Å². The van der Waals surface area contributed by atoms with E-state index in [9.17, 15) is 0 Å². The zero-order valence-electron chi connectivity index (χ0n) is 7.18. The Hall–Kier alpha value is 1.03. The number of nitrogens with zero attached hydrogens (tertiary/aromatic N) is 1. The van der Waals surface area contributed by atoms with E-state index in [0.29, 0.717) is 4.32 Å². The van der Waals surface area contributed by atoms with Gasteiger partial charge in [0.2, 0.25) is 0 Å². The SMILES string of the molecule is CCN(CC)NC(=S)[S-].O.[Na+]. The van der Waals surface area contributed by atoms with Crippen molar-refractivity contribution in [2.75, 3.05) is 13.1 Å². The summed E-state index contributed by atoms with van der Waals surface area (Å²) in [7, 11) is 0. The Morgan fingerprint density at radius 1 is 1.45 bits per heavy atom. The molecule has 0 aromatic rings. The molecule has 0 aliphatic heterocycles. The standard InChI is InChI=1S/C5H12N2S2.Na.H2O/c1-3-7(4-2)6-5(8)9;;/h3-4H2,1-2H3,(H2,6,8,9);;1H2/q;+1;/p-1. The molecular weight excluding hydrogens is 191 g/mol. The summed E-state index contributed by atoms with van der Waals surface area (Å²) >= 11 is 9.33. The Morgan fingerprint density at radius 2 is 1.82 bits per heavy atom. The predicted octanol–water partition coefficient (Wildman–Crippen LogP) is -3.16. The molecule has 0 radical (unpaired) electrons. The van der Waals surface area contributed by atoms with Gasteiger partial charge in [-0.1, -0.05) is 13.8 Å². The molecule has 11 heavy (non-hydrogen) atoms. The number of nitrogens with one attached hydrogen (secondary N) is 1. The maximum atomic E-state index is 4.67. The first-order chi connectivity index (χ1) is 4.20. The van der Waals surface area contributed by atoms with Crippen LogP contribution in [0.15, 0.2) is 0 Å². The van der Waals surface area contributed by atoms with Crippen molar-refractivity contribution in [3.63, 3.8) is 0 Å². The summed E-state index contributed by atoms with van der Waals surface area (Å²) < 4.78 is 0.415. The molecule has 0 amide bonds. The van der Waals surface area contributed by atoms with Crippen molar-refractivity contribution in [1.29, 1.82) is 0 Å². The van der Waals surface area contributed by atoms with E-state index in [1.165, 1.54) is 0 Å². The van der Waals surface area contributed by atoms with Gasteiger partial charge in [0.15, 0.2) is 0 Å². The Morgan fingerprint density at radius 3 is 1.91 bits per heavy atom. The Balaban J connectivity index is -0.000000320. The Kier molecular flexibility index (Phi) is 18.0. The largest absolute Gasteiger partial charge is 1.00 e. The third kappa shape index (κ3) is 11.0. The third-order valence-corrected chi connectivity index (χ3v) is 1.20. The van der Waals surface area contributed by atoms with Crippen LogP contribution < -0.4 is 35.0 Å². The zero-order valence-corrected chi connectivity index (χ0v) is 10.8. The van der Waals surface area contributed by atoms with Crippen LogP contribution in [0, 0.1) is 0 Å². The molecule has 6 heteroatoms. The second-order valence-electron chi connectivity index (χ2n) is 1.57. The molecule has 0 aliphatic rings. The molecule has 0 spiro atoms. The first-order valence-electron chi connectivity index (χ1n) is 2.93. The summed E-state index contributed by atoms with van der Waals surface area (Å²) in [5.74, 6) is 0. The van der Waals surface area contributed by atoms with Gasteiger partial charge in [0.1, 0.15) is 0 Å². The van der Waals surface area contributed by atoms with Gasteiger partial charge in [0.25, 0.3) is 0 Å². The van der Waals surface area contributed by atoms with Gasteiger partial charge in [-0.2, -0.15) is 0 Å². The Labute approximate surface area is 101 Å². The monoisotopic (exact) mass is 204 g/mol. The minimum absolute atomic E-state index is 0. The van der Waals surface area contributed by atoms with E-state index in [1.54, 1.807) is 0 Å². The molecule has 0 fully saturated rings. The predicted molar refractivity (Wildman–Crippen MR) is 49.6 cm³/mol. The van der Waals surface area contributed by atoms with E-state index < -0.39 is 0 Å². The van der Waals surface area contributed by atoms with Crippen molar-refractivity contribution in [2.45, 2.75) is 13.8 Å². The van der Waals surface area contributed by atoms with Gasteiger partial charge in [0.05, 0.1) is 0 Å². The van der Waals surface area contributed by atoms with E-state index in [4.69, 9.17) is 0 Å². The summed E-state index contributed by atoms with van der Waals surface area (Å²) in [6.45, 7) is 5.94. The summed E-state index contributed by atoms with van der Waals surface area (Å²) in [4.78, 5) is 0. The number of rotatable bonds is 3. The van der Waals surface area contributed by atoms with E-state index in [2.05, 4.69) is 30.3 Å². The van der Waals surface area contributed by atoms with Gasteiger partial charge in [-0.05, 0) is 4.32 Å². The van der Waals surface area contributed by atoms with Crippen molar-refractivity contribution in [3.05, 3.63) is 0 Å². The third-order valence-electron chi connectivity index (χ3n) is 1.01. The molecule has 0 saturated carbocycles. The van der Waals surface area contributed by atoms with E-state index in [1.807, 2.05) is 18.9 Å². The van der Waals surface area contributed by atoms with Crippen LogP contribution in [0.1, 0.15) is 13.8 Å². The number of hydrazine groups is 1. The molecule has 0 saturated heterocycles. The molecule has 62 valence electrons. The van der Waals surface area contributed by atoms with Gasteiger partial charge in [0, 0.05) is 13.1 Å². The van der Waals surface area contributed by atoms with E-state index >= 15 is 0 Å². The van der Waals surface area contributed by atoms with Crippen LogP contribution in [-0.4, -0.2) is 27.9 Å². The molecule has 0 rings (SSSR count). The van der Waals surface area contributed by atoms with Crippen LogP contribution in [0.25, 0.3) is 0 Å². The molecule has 0 atom stereocenters. The van der Waals surface area contributed by atoms with Crippen LogP contribution in [0.4, 0.5) is 0 Å². The number of thiocarbonyl (C=S) groups is 1. The van der Waals surface area contributed by atoms with Gasteiger partial charge in [-0.25, -0.2) is 5.01 Å². The zero-order chi connectivity index (χ0) is 7.28. The van der Waals surface area contributed by atoms with Gasteiger partial charge in [-0.15, -0.1) is 0 Å². The van der Waals surface area contributed by atoms with Gasteiger partial charge in [-0.3, -0.25) is 0 Å². The van der Waals surface area contributed by atoms with Crippen molar-refractivity contribution < 1.29 is 35.0 Å². The molecule has 0 unspecified atom stereocenters. The van der Waals surface area contributed by atoms with Gasteiger partial charge < -0.3 is 35.7 Å². The fourth-order valence-electron chi connectivity index (χ4n) is 0.511. The van der Waals surface area contributed by atoms with E-state index in [0.717, 1.165) is 13.1 Å². The molecule has 0 heterocycles. The first-order valence-corrected chi connectivity index (χ1v) is 3.75. The Bertz CT molecular complexity index is 100. The molecular formula is C5H13N2NaOS2.